The fourth-order valence-electron chi connectivity index (χ4n) is 2.92. The number of esters is 1. The minimum Gasteiger partial charge on any atom is -0.427 e. The van der Waals surface area contributed by atoms with Crippen LogP contribution in [0, 0.1) is 0 Å². The van der Waals surface area contributed by atoms with Crippen LogP contribution in [0.1, 0.15) is 31.4 Å². The molecule has 0 radical (unpaired) electrons. The molecule has 132 valence electrons. The van der Waals surface area contributed by atoms with Crippen LogP contribution in [0.5, 0.6) is 5.75 Å². The second kappa shape index (κ2) is 8.48. The molecule has 0 amide bonds. The van der Waals surface area contributed by atoms with Gasteiger partial charge in [0, 0.05) is 29.6 Å². The summed E-state index contributed by atoms with van der Waals surface area (Å²) < 4.78 is 11.2. The predicted octanol–water partition coefficient (Wildman–Crippen LogP) is 4.45. The number of para-hydroxylation sites is 1. The van der Waals surface area contributed by atoms with Gasteiger partial charge in [0.25, 0.3) is 0 Å². The van der Waals surface area contributed by atoms with Crippen molar-refractivity contribution in [2.75, 3.05) is 13.3 Å². The van der Waals surface area contributed by atoms with Crippen molar-refractivity contribution >= 4 is 17.6 Å². The van der Waals surface area contributed by atoms with E-state index >= 15 is 0 Å². The van der Waals surface area contributed by atoms with Crippen molar-refractivity contribution < 1.29 is 14.3 Å². The SMILES string of the molecule is CC(CCC(=O)Oc1ccccc1)N1COC(c2ccccc2Cl)C1. The van der Waals surface area contributed by atoms with Gasteiger partial charge in [-0.15, -0.1) is 0 Å². The third-order valence-corrected chi connectivity index (χ3v) is 4.80. The molecule has 4 nitrogen and oxygen atoms in total. The van der Waals surface area contributed by atoms with E-state index in [2.05, 4.69) is 11.8 Å². The molecule has 2 aromatic carbocycles. The number of halogens is 1. The maximum atomic E-state index is 12.0. The lowest BCUT2D eigenvalue weighted by Crippen LogP contribution is -2.31. The smallest absolute Gasteiger partial charge is 0.311 e. The zero-order chi connectivity index (χ0) is 17.6. The van der Waals surface area contributed by atoms with E-state index < -0.39 is 0 Å². The van der Waals surface area contributed by atoms with Crippen LogP contribution >= 0.6 is 11.6 Å². The van der Waals surface area contributed by atoms with Crippen LogP contribution in [0.4, 0.5) is 0 Å². The average molecular weight is 360 g/mol. The van der Waals surface area contributed by atoms with Crippen LogP contribution in [0.15, 0.2) is 54.6 Å². The Kier molecular flexibility index (Phi) is 6.08. The van der Waals surface area contributed by atoms with Gasteiger partial charge in [0.2, 0.25) is 0 Å². The molecular formula is C20H22ClNO3. The molecule has 0 aliphatic carbocycles. The van der Waals surface area contributed by atoms with Crippen molar-refractivity contribution in [1.82, 2.24) is 4.90 Å². The van der Waals surface area contributed by atoms with Gasteiger partial charge >= 0.3 is 5.97 Å². The molecule has 2 atom stereocenters. The summed E-state index contributed by atoms with van der Waals surface area (Å²) in [6, 6.07) is 17.1. The Balaban J connectivity index is 1.47. The third-order valence-electron chi connectivity index (χ3n) is 4.46. The molecule has 0 saturated carbocycles. The molecular weight excluding hydrogens is 338 g/mol. The van der Waals surface area contributed by atoms with Gasteiger partial charge in [0.1, 0.15) is 12.5 Å². The van der Waals surface area contributed by atoms with Crippen molar-refractivity contribution in [3.8, 4) is 5.75 Å². The van der Waals surface area contributed by atoms with E-state index in [0.29, 0.717) is 18.9 Å². The zero-order valence-corrected chi connectivity index (χ0v) is 15.0. The molecule has 1 aliphatic heterocycles. The Morgan fingerprint density at radius 3 is 2.72 bits per heavy atom. The van der Waals surface area contributed by atoms with Gasteiger partial charge in [-0.1, -0.05) is 48.0 Å². The maximum absolute atomic E-state index is 12.0. The maximum Gasteiger partial charge on any atom is 0.311 e. The van der Waals surface area contributed by atoms with E-state index in [9.17, 15) is 4.79 Å². The summed E-state index contributed by atoms with van der Waals surface area (Å²) in [6.07, 6.45) is 1.08. The zero-order valence-electron chi connectivity index (χ0n) is 14.2. The van der Waals surface area contributed by atoms with Crippen LogP contribution in [0.2, 0.25) is 5.02 Å². The summed E-state index contributed by atoms with van der Waals surface area (Å²) in [5.74, 6) is 0.379. The minimum atomic E-state index is -0.208. The summed E-state index contributed by atoms with van der Waals surface area (Å²) >= 11 is 6.25. The van der Waals surface area contributed by atoms with Crippen molar-refractivity contribution in [1.29, 1.82) is 0 Å². The first kappa shape index (κ1) is 17.9. The summed E-state index contributed by atoms with van der Waals surface area (Å²) in [7, 11) is 0. The standard InChI is InChI=1S/C20H22ClNO3/c1-15(11-12-20(23)25-16-7-3-2-4-8-16)22-13-19(24-14-22)17-9-5-6-10-18(17)21/h2-10,15,19H,11-14H2,1H3. The van der Waals surface area contributed by atoms with Crippen molar-refractivity contribution in [3.63, 3.8) is 0 Å². The number of carbonyl (C=O) groups is 1. The summed E-state index contributed by atoms with van der Waals surface area (Å²) in [5, 5.41) is 0.730. The normalized spacial score (nSPS) is 18.9. The quantitative estimate of drug-likeness (QED) is 0.564. The van der Waals surface area contributed by atoms with E-state index in [1.165, 1.54) is 0 Å². The second-order valence-corrected chi connectivity index (χ2v) is 6.66. The molecule has 1 saturated heterocycles. The molecule has 2 unspecified atom stereocenters. The highest BCUT2D eigenvalue weighted by molar-refractivity contribution is 6.31. The van der Waals surface area contributed by atoms with E-state index in [1.807, 2.05) is 42.5 Å². The lowest BCUT2D eigenvalue weighted by atomic mass is 10.1. The predicted molar refractivity (Wildman–Crippen MR) is 97.6 cm³/mol. The summed E-state index contributed by atoms with van der Waals surface area (Å²) in [6.45, 7) is 3.43. The number of ether oxygens (including phenoxy) is 2. The van der Waals surface area contributed by atoms with Gasteiger partial charge in [-0.25, -0.2) is 0 Å². The van der Waals surface area contributed by atoms with Gasteiger partial charge in [-0.3, -0.25) is 9.69 Å². The van der Waals surface area contributed by atoms with E-state index in [0.717, 1.165) is 23.6 Å². The number of benzene rings is 2. The van der Waals surface area contributed by atoms with Crippen LogP contribution in [0.3, 0.4) is 0 Å². The number of carbonyl (C=O) groups excluding carboxylic acids is 1. The van der Waals surface area contributed by atoms with Crippen LogP contribution in [-0.2, 0) is 9.53 Å². The molecule has 1 fully saturated rings. The Hall–Kier alpha value is -1.88. The van der Waals surface area contributed by atoms with Gasteiger partial charge in [0.05, 0.1) is 6.10 Å². The molecule has 1 aliphatic rings. The summed E-state index contributed by atoms with van der Waals surface area (Å²) in [5.41, 5.74) is 1.02. The highest BCUT2D eigenvalue weighted by Crippen LogP contribution is 2.31. The Morgan fingerprint density at radius 2 is 1.96 bits per heavy atom. The second-order valence-electron chi connectivity index (χ2n) is 6.25. The number of nitrogens with zero attached hydrogens (tertiary/aromatic N) is 1. The van der Waals surface area contributed by atoms with Crippen molar-refractivity contribution in [2.45, 2.75) is 31.9 Å². The highest BCUT2D eigenvalue weighted by atomic mass is 35.5. The van der Waals surface area contributed by atoms with E-state index in [1.54, 1.807) is 12.1 Å². The average Bonchev–Trinajstić information content (AvgIpc) is 3.11. The fourth-order valence-corrected chi connectivity index (χ4v) is 3.17. The Morgan fingerprint density at radius 1 is 1.24 bits per heavy atom. The van der Waals surface area contributed by atoms with E-state index in [4.69, 9.17) is 21.1 Å². The third kappa shape index (κ3) is 4.82. The molecule has 0 bridgehead atoms. The number of hydrogen-bond acceptors (Lipinski definition) is 4. The van der Waals surface area contributed by atoms with Gasteiger partial charge in [0.15, 0.2) is 0 Å². The highest BCUT2D eigenvalue weighted by Gasteiger charge is 2.29. The number of hydrogen-bond donors (Lipinski definition) is 0. The van der Waals surface area contributed by atoms with Crippen LogP contribution in [-0.4, -0.2) is 30.2 Å². The molecule has 2 aromatic rings. The molecule has 0 aromatic heterocycles. The minimum absolute atomic E-state index is 0.0209. The number of rotatable bonds is 6. The van der Waals surface area contributed by atoms with Gasteiger partial charge in [-0.05, 0) is 31.5 Å². The monoisotopic (exact) mass is 359 g/mol. The van der Waals surface area contributed by atoms with Crippen molar-refractivity contribution in [3.05, 3.63) is 65.2 Å². The Labute approximate surface area is 153 Å². The first-order valence-corrected chi connectivity index (χ1v) is 8.87. The fraction of sp³-hybridized carbons (Fsp3) is 0.350. The first-order valence-electron chi connectivity index (χ1n) is 8.49. The Bertz CT molecular complexity index is 707. The molecule has 5 heteroatoms. The molecule has 3 rings (SSSR count). The van der Waals surface area contributed by atoms with Crippen LogP contribution < -0.4 is 4.74 Å². The molecule has 0 spiro atoms. The lowest BCUT2D eigenvalue weighted by molar-refractivity contribution is -0.134. The largest absolute Gasteiger partial charge is 0.427 e. The van der Waals surface area contributed by atoms with Gasteiger partial charge in [-0.2, -0.15) is 0 Å². The van der Waals surface area contributed by atoms with E-state index in [-0.39, 0.29) is 18.1 Å². The molecule has 0 N–H and O–H groups in total. The topological polar surface area (TPSA) is 38.8 Å². The van der Waals surface area contributed by atoms with Crippen molar-refractivity contribution in [2.24, 2.45) is 0 Å². The summed E-state index contributed by atoms with van der Waals surface area (Å²) in [4.78, 5) is 14.2. The molecule has 1 heterocycles. The van der Waals surface area contributed by atoms with Crippen LogP contribution in [0.25, 0.3) is 0 Å². The molecule has 25 heavy (non-hydrogen) atoms. The van der Waals surface area contributed by atoms with Gasteiger partial charge < -0.3 is 9.47 Å². The first-order chi connectivity index (χ1) is 12.1. The lowest BCUT2D eigenvalue weighted by Gasteiger charge is -2.22.